The van der Waals surface area contributed by atoms with Crippen LogP contribution >= 0.6 is 0 Å². The van der Waals surface area contributed by atoms with Crippen molar-refractivity contribution in [3.05, 3.63) is 83.6 Å². The first-order valence-corrected chi connectivity index (χ1v) is 8.26. The largest absolute Gasteiger partial charge is 0.337 e. The molecule has 26 heavy (non-hydrogen) atoms. The summed E-state index contributed by atoms with van der Waals surface area (Å²) in [7, 11) is 1.73. The van der Waals surface area contributed by atoms with E-state index in [0.29, 0.717) is 5.82 Å². The van der Waals surface area contributed by atoms with Crippen LogP contribution in [0.1, 0.15) is 22.7 Å². The number of amides is 2. The molecule has 0 bridgehead atoms. The van der Waals surface area contributed by atoms with Gasteiger partial charge in [-0.25, -0.2) is 0 Å². The summed E-state index contributed by atoms with van der Waals surface area (Å²) in [5, 5.41) is 9.35. The van der Waals surface area contributed by atoms with Crippen LogP contribution in [0.2, 0.25) is 0 Å². The molecule has 132 valence electrons. The predicted molar refractivity (Wildman–Crippen MR) is 99.4 cm³/mol. The molecule has 1 heterocycles. The highest BCUT2D eigenvalue weighted by molar-refractivity contribution is 6.39. The van der Waals surface area contributed by atoms with Crippen molar-refractivity contribution in [2.75, 3.05) is 5.32 Å². The highest BCUT2D eigenvalue weighted by atomic mass is 16.2. The number of aromatic nitrogens is 2. The molecule has 0 aliphatic carbocycles. The molecule has 2 N–H and O–H groups in total. The molecule has 0 aliphatic rings. The van der Waals surface area contributed by atoms with Crippen LogP contribution < -0.4 is 10.6 Å². The topological polar surface area (TPSA) is 76.0 Å². The first kappa shape index (κ1) is 17.4. The molecule has 0 spiro atoms. The van der Waals surface area contributed by atoms with Crippen molar-refractivity contribution < 1.29 is 9.59 Å². The maximum atomic E-state index is 12.4. The van der Waals surface area contributed by atoms with Crippen molar-refractivity contribution in [3.8, 4) is 0 Å². The van der Waals surface area contributed by atoms with Crippen LogP contribution in [0.3, 0.4) is 0 Å². The summed E-state index contributed by atoms with van der Waals surface area (Å²) in [6.07, 6.45) is 1.69. The zero-order valence-corrected chi connectivity index (χ0v) is 14.6. The summed E-state index contributed by atoms with van der Waals surface area (Å²) in [5.74, 6) is -1.14. The average Bonchev–Trinajstić information content (AvgIpc) is 3.06. The van der Waals surface area contributed by atoms with Gasteiger partial charge < -0.3 is 10.6 Å². The summed E-state index contributed by atoms with van der Waals surface area (Å²) in [6.45, 7) is 2.00. The molecular formula is C20H20N4O2. The number of carbonyl (C=O) groups excluding carboxylic acids is 2. The van der Waals surface area contributed by atoms with E-state index in [4.69, 9.17) is 0 Å². The van der Waals surface area contributed by atoms with Crippen molar-refractivity contribution in [2.24, 2.45) is 7.05 Å². The van der Waals surface area contributed by atoms with Gasteiger partial charge in [-0.1, -0.05) is 60.2 Å². The fourth-order valence-corrected chi connectivity index (χ4v) is 2.61. The highest BCUT2D eigenvalue weighted by Crippen LogP contribution is 2.22. The molecule has 3 rings (SSSR count). The molecule has 1 atom stereocenters. The Labute approximate surface area is 151 Å². The molecule has 0 saturated heterocycles. The molecule has 1 aromatic heterocycles. The number of hydrogen-bond donors (Lipinski definition) is 2. The minimum atomic E-state index is -0.753. The molecule has 2 amide bonds. The summed E-state index contributed by atoms with van der Waals surface area (Å²) >= 11 is 0. The van der Waals surface area contributed by atoms with Crippen LogP contribution in [-0.2, 0) is 16.6 Å². The van der Waals surface area contributed by atoms with E-state index >= 15 is 0 Å². The Bertz CT molecular complexity index is 901. The number of nitrogens with one attached hydrogen (secondary N) is 2. The Kier molecular flexibility index (Phi) is 5.12. The van der Waals surface area contributed by atoms with Crippen LogP contribution in [0.5, 0.6) is 0 Å². The SMILES string of the molecule is Cc1ccc([C@H](NC(=O)C(=O)Nc2ccn(C)n2)c2ccccc2)cc1. The van der Waals surface area contributed by atoms with Crippen molar-refractivity contribution in [2.45, 2.75) is 13.0 Å². The number of anilines is 1. The van der Waals surface area contributed by atoms with Crippen LogP contribution in [0.4, 0.5) is 5.82 Å². The van der Waals surface area contributed by atoms with Crippen LogP contribution in [0, 0.1) is 6.92 Å². The maximum absolute atomic E-state index is 12.4. The number of aryl methyl sites for hydroxylation is 2. The van der Waals surface area contributed by atoms with E-state index in [0.717, 1.165) is 16.7 Å². The number of benzene rings is 2. The van der Waals surface area contributed by atoms with Gasteiger partial charge in [-0.05, 0) is 18.1 Å². The minimum absolute atomic E-state index is 0.333. The Morgan fingerprint density at radius 3 is 2.19 bits per heavy atom. The third-order valence-electron chi connectivity index (χ3n) is 3.98. The molecule has 6 nitrogen and oxygen atoms in total. The van der Waals surface area contributed by atoms with Crippen molar-refractivity contribution in [1.29, 1.82) is 0 Å². The number of nitrogens with zero attached hydrogens (tertiary/aromatic N) is 2. The monoisotopic (exact) mass is 348 g/mol. The Morgan fingerprint density at radius 2 is 1.58 bits per heavy atom. The molecule has 2 aromatic carbocycles. The second kappa shape index (κ2) is 7.65. The lowest BCUT2D eigenvalue weighted by Crippen LogP contribution is -2.38. The standard InChI is InChI=1S/C20H20N4O2/c1-14-8-10-16(11-9-14)18(15-6-4-3-5-7-15)22-20(26)19(25)21-17-12-13-24(2)23-17/h3-13,18H,1-2H3,(H,22,26)(H,21,23,25)/t18-/m1/s1. The van der Waals surface area contributed by atoms with E-state index < -0.39 is 17.9 Å². The predicted octanol–water partition coefficient (Wildman–Crippen LogP) is 2.57. The van der Waals surface area contributed by atoms with Gasteiger partial charge in [-0.15, -0.1) is 0 Å². The van der Waals surface area contributed by atoms with Gasteiger partial charge in [0.15, 0.2) is 5.82 Å². The molecule has 0 saturated carbocycles. The highest BCUT2D eigenvalue weighted by Gasteiger charge is 2.22. The fourth-order valence-electron chi connectivity index (χ4n) is 2.61. The first-order chi connectivity index (χ1) is 12.5. The van der Waals surface area contributed by atoms with E-state index in [9.17, 15) is 9.59 Å². The number of hydrogen-bond acceptors (Lipinski definition) is 3. The van der Waals surface area contributed by atoms with Gasteiger partial charge in [-0.2, -0.15) is 5.10 Å². The second-order valence-electron chi connectivity index (χ2n) is 6.06. The van der Waals surface area contributed by atoms with Crippen LogP contribution in [-0.4, -0.2) is 21.6 Å². The molecule has 0 radical (unpaired) electrons. The fraction of sp³-hybridized carbons (Fsp3) is 0.150. The lowest BCUT2D eigenvalue weighted by molar-refractivity contribution is -0.136. The molecule has 0 unspecified atom stereocenters. The van der Waals surface area contributed by atoms with Crippen molar-refractivity contribution >= 4 is 17.6 Å². The van der Waals surface area contributed by atoms with E-state index in [1.54, 1.807) is 24.0 Å². The number of rotatable bonds is 4. The molecular weight excluding hydrogens is 328 g/mol. The molecule has 6 heteroatoms. The Hall–Kier alpha value is -3.41. The average molecular weight is 348 g/mol. The van der Waals surface area contributed by atoms with Crippen molar-refractivity contribution in [3.63, 3.8) is 0 Å². The molecule has 0 fully saturated rings. The maximum Gasteiger partial charge on any atom is 0.314 e. The van der Waals surface area contributed by atoms with Crippen LogP contribution in [0.25, 0.3) is 0 Å². The van der Waals surface area contributed by atoms with E-state index in [-0.39, 0.29) is 0 Å². The second-order valence-corrected chi connectivity index (χ2v) is 6.06. The third kappa shape index (κ3) is 4.16. The zero-order chi connectivity index (χ0) is 18.5. The zero-order valence-electron chi connectivity index (χ0n) is 14.6. The normalized spacial score (nSPS) is 11.6. The smallest absolute Gasteiger partial charge is 0.314 e. The Balaban J connectivity index is 1.80. The van der Waals surface area contributed by atoms with E-state index in [2.05, 4.69) is 15.7 Å². The van der Waals surface area contributed by atoms with Gasteiger partial charge in [0.25, 0.3) is 0 Å². The lowest BCUT2D eigenvalue weighted by atomic mass is 9.98. The summed E-state index contributed by atoms with van der Waals surface area (Å²) in [6, 6.07) is 18.6. The lowest BCUT2D eigenvalue weighted by Gasteiger charge is -2.19. The summed E-state index contributed by atoms with van der Waals surface area (Å²) in [5.41, 5.74) is 2.93. The summed E-state index contributed by atoms with van der Waals surface area (Å²) in [4.78, 5) is 24.6. The van der Waals surface area contributed by atoms with Crippen LogP contribution in [0.15, 0.2) is 66.9 Å². The quantitative estimate of drug-likeness (QED) is 0.712. The van der Waals surface area contributed by atoms with Gasteiger partial charge in [0.05, 0.1) is 6.04 Å². The van der Waals surface area contributed by atoms with Gasteiger partial charge >= 0.3 is 11.8 Å². The molecule has 3 aromatic rings. The first-order valence-electron chi connectivity index (χ1n) is 8.26. The van der Waals surface area contributed by atoms with Gasteiger partial charge in [-0.3, -0.25) is 14.3 Å². The minimum Gasteiger partial charge on any atom is -0.337 e. The van der Waals surface area contributed by atoms with Gasteiger partial charge in [0.2, 0.25) is 0 Å². The molecule has 0 aliphatic heterocycles. The summed E-state index contributed by atoms with van der Waals surface area (Å²) < 4.78 is 1.55. The van der Waals surface area contributed by atoms with E-state index in [1.165, 1.54) is 0 Å². The van der Waals surface area contributed by atoms with Gasteiger partial charge in [0.1, 0.15) is 0 Å². The number of carbonyl (C=O) groups is 2. The van der Waals surface area contributed by atoms with E-state index in [1.807, 2.05) is 61.5 Å². The van der Waals surface area contributed by atoms with Gasteiger partial charge in [0, 0.05) is 19.3 Å². The Morgan fingerprint density at radius 1 is 0.923 bits per heavy atom. The third-order valence-corrected chi connectivity index (χ3v) is 3.98. The van der Waals surface area contributed by atoms with Crippen molar-refractivity contribution in [1.82, 2.24) is 15.1 Å².